The van der Waals surface area contributed by atoms with Crippen LogP contribution in [0.25, 0.3) is 11.0 Å². The third-order valence-electron chi connectivity index (χ3n) is 2.17. The second-order valence-corrected chi connectivity index (χ2v) is 3.29. The third kappa shape index (κ3) is 1.79. The lowest BCUT2D eigenvalue weighted by molar-refractivity contribution is -0.136. The van der Waals surface area contributed by atoms with Gasteiger partial charge in [0.05, 0.1) is 5.56 Å². The molecule has 0 aliphatic heterocycles. The smallest absolute Gasteiger partial charge is 0.417 e. The Balaban J connectivity index is 2.97. The van der Waals surface area contributed by atoms with Gasteiger partial charge in [0, 0.05) is 11.5 Å². The number of halogens is 3. The Kier molecular flexibility index (Phi) is 2.27. The summed E-state index contributed by atoms with van der Waals surface area (Å²) in [6, 6.07) is 2.09. The van der Waals surface area contributed by atoms with Gasteiger partial charge >= 0.3 is 11.8 Å². The van der Waals surface area contributed by atoms with Gasteiger partial charge in [0.15, 0.2) is 11.3 Å². The largest absolute Gasteiger partial charge is 0.504 e. The van der Waals surface area contributed by atoms with E-state index in [4.69, 9.17) is 5.11 Å². The number of hydrogen-bond donors (Lipinski definition) is 2. The fourth-order valence-corrected chi connectivity index (χ4v) is 1.44. The molecule has 0 aliphatic rings. The number of benzene rings is 1. The molecule has 4 nitrogen and oxygen atoms in total. The van der Waals surface area contributed by atoms with E-state index in [0.29, 0.717) is 6.07 Å². The highest BCUT2D eigenvalue weighted by molar-refractivity contribution is 5.87. The zero-order valence-corrected chi connectivity index (χ0v) is 8.08. The lowest BCUT2D eigenvalue weighted by atomic mass is 10.1. The first kappa shape index (κ1) is 11.3. The molecular formula is C10H5F3O4. The second-order valence-electron chi connectivity index (χ2n) is 3.29. The summed E-state index contributed by atoms with van der Waals surface area (Å²) in [7, 11) is 0. The van der Waals surface area contributed by atoms with Crippen LogP contribution in [-0.4, -0.2) is 10.2 Å². The van der Waals surface area contributed by atoms with E-state index in [9.17, 15) is 23.1 Å². The normalized spacial score (nSPS) is 11.9. The molecule has 2 N–H and O–H groups in total. The lowest BCUT2D eigenvalue weighted by Crippen LogP contribution is -2.10. The summed E-state index contributed by atoms with van der Waals surface area (Å²) in [6.07, 6.45) is -4.75. The highest BCUT2D eigenvalue weighted by Gasteiger charge is 2.34. The summed E-state index contributed by atoms with van der Waals surface area (Å²) in [5.74, 6) is -1.56. The van der Waals surface area contributed by atoms with Crippen molar-refractivity contribution in [1.29, 1.82) is 0 Å². The van der Waals surface area contributed by atoms with Crippen LogP contribution in [0.3, 0.4) is 0 Å². The zero-order valence-electron chi connectivity index (χ0n) is 8.08. The molecule has 90 valence electrons. The van der Waals surface area contributed by atoms with Gasteiger partial charge in [0.2, 0.25) is 5.75 Å². The molecule has 17 heavy (non-hydrogen) atoms. The molecule has 0 saturated carbocycles. The summed E-state index contributed by atoms with van der Waals surface area (Å²) >= 11 is 0. The van der Waals surface area contributed by atoms with Gasteiger partial charge in [-0.3, -0.25) is 0 Å². The average Bonchev–Trinajstić information content (AvgIpc) is 2.22. The van der Waals surface area contributed by atoms with Gasteiger partial charge in [-0.1, -0.05) is 0 Å². The van der Waals surface area contributed by atoms with Gasteiger partial charge < -0.3 is 14.6 Å². The zero-order chi connectivity index (χ0) is 12.8. The monoisotopic (exact) mass is 246 g/mol. The Bertz CT molecular complexity index is 642. The molecule has 2 rings (SSSR count). The van der Waals surface area contributed by atoms with Crippen molar-refractivity contribution in [3.63, 3.8) is 0 Å². The Morgan fingerprint density at radius 2 is 1.82 bits per heavy atom. The van der Waals surface area contributed by atoms with Crippen molar-refractivity contribution in [1.82, 2.24) is 0 Å². The molecule has 0 bridgehead atoms. The van der Waals surface area contributed by atoms with E-state index in [1.54, 1.807) is 0 Å². The SMILES string of the molecule is O=c1cc(C(F)(F)F)c2ccc(O)c(O)c2o1. The van der Waals surface area contributed by atoms with E-state index in [2.05, 4.69) is 4.42 Å². The van der Waals surface area contributed by atoms with Crippen LogP contribution in [0.5, 0.6) is 11.5 Å². The molecule has 7 heteroatoms. The van der Waals surface area contributed by atoms with E-state index >= 15 is 0 Å². The molecule has 0 unspecified atom stereocenters. The number of rotatable bonds is 0. The molecule has 0 aliphatic carbocycles. The minimum atomic E-state index is -4.75. The van der Waals surface area contributed by atoms with Gasteiger partial charge in [-0.25, -0.2) is 4.79 Å². The van der Waals surface area contributed by atoms with Crippen LogP contribution in [0, 0.1) is 0 Å². The van der Waals surface area contributed by atoms with Crippen LogP contribution >= 0.6 is 0 Å². The van der Waals surface area contributed by atoms with Gasteiger partial charge in [-0.05, 0) is 12.1 Å². The highest BCUT2D eigenvalue weighted by Crippen LogP contribution is 2.39. The number of alkyl halides is 3. The molecule has 0 fully saturated rings. The molecule has 1 aromatic carbocycles. The lowest BCUT2D eigenvalue weighted by Gasteiger charge is -2.09. The van der Waals surface area contributed by atoms with Gasteiger partial charge in [-0.2, -0.15) is 13.2 Å². The molecule has 0 spiro atoms. The molecule has 1 heterocycles. The first-order chi connectivity index (χ1) is 7.80. The average molecular weight is 246 g/mol. The summed E-state index contributed by atoms with van der Waals surface area (Å²) in [4.78, 5) is 11.0. The number of fused-ring (bicyclic) bond motifs is 1. The number of aromatic hydroxyl groups is 2. The first-order valence-electron chi connectivity index (χ1n) is 4.36. The quantitative estimate of drug-likeness (QED) is 0.552. The minimum Gasteiger partial charge on any atom is -0.504 e. The summed E-state index contributed by atoms with van der Waals surface area (Å²) in [6.45, 7) is 0. The van der Waals surface area contributed by atoms with Crippen LogP contribution in [0.1, 0.15) is 5.56 Å². The van der Waals surface area contributed by atoms with Crippen molar-refractivity contribution < 1.29 is 27.8 Å². The van der Waals surface area contributed by atoms with Crippen molar-refractivity contribution in [3.05, 3.63) is 34.2 Å². The maximum atomic E-state index is 12.6. The minimum absolute atomic E-state index is 0.290. The Labute approximate surface area is 91.5 Å². The third-order valence-corrected chi connectivity index (χ3v) is 2.17. The molecule has 0 saturated heterocycles. The molecule has 1 aromatic heterocycles. The van der Waals surface area contributed by atoms with Crippen molar-refractivity contribution >= 4 is 11.0 Å². The van der Waals surface area contributed by atoms with Crippen molar-refractivity contribution in [3.8, 4) is 11.5 Å². The van der Waals surface area contributed by atoms with Crippen LogP contribution in [0.2, 0.25) is 0 Å². The van der Waals surface area contributed by atoms with E-state index < -0.39 is 39.8 Å². The number of phenols is 2. The predicted octanol–water partition coefficient (Wildman–Crippen LogP) is 2.22. The standard InChI is InChI=1S/C10H5F3O4/c11-10(12,13)5-3-7(15)17-9-4(5)1-2-6(14)8(9)16/h1-3,14,16H. The first-order valence-corrected chi connectivity index (χ1v) is 4.36. The maximum absolute atomic E-state index is 12.6. The molecule has 2 aromatic rings. The number of hydrogen-bond acceptors (Lipinski definition) is 4. The Morgan fingerprint density at radius 3 is 2.41 bits per heavy atom. The van der Waals surface area contributed by atoms with Gasteiger partial charge in [0.1, 0.15) is 0 Å². The number of phenolic OH excluding ortho intramolecular Hbond substituents is 2. The Hall–Kier alpha value is -2.18. The van der Waals surface area contributed by atoms with Crippen LogP contribution < -0.4 is 5.63 Å². The predicted molar refractivity (Wildman–Crippen MR) is 50.8 cm³/mol. The maximum Gasteiger partial charge on any atom is 0.417 e. The fourth-order valence-electron chi connectivity index (χ4n) is 1.44. The van der Waals surface area contributed by atoms with Crippen LogP contribution in [0.4, 0.5) is 13.2 Å². The van der Waals surface area contributed by atoms with Crippen molar-refractivity contribution in [2.24, 2.45) is 0 Å². The molecular weight excluding hydrogens is 241 g/mol. The topological polar surface area (TPSA) is 70.7 Å². The summed E-state index contributed by atoms with van der Waals surface area (Å²) in [5.41, 5.74) is -3.17. The summed E-state index contributed by atoms with van der Waals surface area (Å²) < 4.78 is 42.3. The van der Waals surface area contributed by atoms with Gasteiger partial charge in [-0.15, -0.1) is 0 Å². The Morgan fingerprint density at radius 1 is 1.18 bits per heavy atom. The summed E-state index contributed by atoms with van der Waals surface area (Å²) in [5, 5.41) is 17.9. The van der Waals surface area contributed by atoms with Crippen molar-refractivity contribution in [2.45, 2.75) is 6.18 Å². The van der Waals surface area contributed by atoms with E-state index in [-0.39, 0.29) is 0 Å². The second kappa shape index (κ2) is 3.41. The fraction of sp³-hybridized carbons (Fsp3) is 0.100. The molecule has 0 atom stereocenters. The molecule has 0 amide bonds. The van der Waals surface area contributed by atoms with E-state index in [0.717, 1.165) is 12.1 Å². The van der Waals surface area contributed by atoms with Crippen LogP contribution in [-0.2, 0) is 6.18 Å². The van der Waals surface area contributed by atoms with Gasteiger partial charge in [0.25, 0.3) is 0 Å². The van der Waals surface area contributed by atoms with Crippen LogP contribution in [0.15, 0.2) is 27.4 Å². The van der Waals surface area contributed by atoms with E-state index in [1.807, 2.05) is 0 Å². The van der Waals surface area contributed by atoms with Crippen molar-refractivity contribution in [2.75, 3.05) is 0 Å². The van der Waals surface area contributed by atoms with E-state index in [1.165, 1.54) is 0 Å². The highest BCUT2D eigenvalue weighted by atomic mass is 19.4. The molecule has 0 radical (unpaired) electrons.